The van der Waals surface area contributed by atoms with E-state index >= 15 is 0 Å². The number of carbonyl (C=O) groups is 1. The maximum atomic E-state index is 13.0. The molecule has 1 aromatic carbocycles. The third-order valence-corrected chi connectivity index (χ3v) is 2.76. The van der Waals surface area contributed by atoms with Gasteiger partial charge in [-0.05, 0) is 18.2 Å². The van der Waals surface area contributed by atoms with E-state index in [1.54, 1.807) is 0 Å². The van der Waals surface area contributed by atoms with Crippen molar-refractivity contribution in [2.45, 2.75) is 18.9 Å². The van der Waals surface area contributed by atoms with Gasteiger partial charge in [0.05, 0.1) is 12.7 Å². The van der Waals surface area contributed by atoms with Crippen LogP contribution in [-0.4, -0.2) is 12.4 Å². The lowest BCUT2D eigenvalue weighted by atomic mass is 10.0. The minimum Gasteiger partial charge on any atom is -0.373 e. The van der Waals surface area contributed by atoms with E-state index in [0.717, 1.165) is 0 Å². The number of hydrogen-bond donors (Lipinski definition) is 0. The summed E-state index contributed by atoms with van der Waals surface area (Å²) in [6.07, 6.45) is 0.321. The highest BCUT2D eigenvalue weighted by Gasteiger charge is 2.23. The maximum absolute atomic E-state index is 13.0. The number of Topliss-reactive ketones (excluding diaryl/α,β-unsaturated/α-hetero) is 1. The summed E-state index contributed by atoms with van der Waals surface area (Å²) >= 11 is 5.92. The van der Waals surface area contributed by atoms with E-state index in [2.05, 4.69) is 0 Å². The monoisotopic (exact) mass is 228 g/mol. The van der Waals surface area contributed by atoms with Gasteiger partial charge in [0.2, 0.25) is 0 Å². The van der Waals surface area contributed by atoms with Crippen molar-refractivity contribution in [1.29, 1.82) is 0 Å². The summed E-state index contributed by atoms with van der Waals surface area (Å²) in [7, 11) is 0. The molecule has 1 aromatic rings. The Morgan fingerprint density at radius 1 is 1.47 bits per heavy atom. The van der Waals surface area contributed by atoms with E-state index in [-0.39, 0.29) is 18.0 Å². The van der Waals surface area contributed by atoms with E-state index in [1.165, 1.54) is 18.2 Å². The largest absolute Gasteiger partial charge is 0.373 e. The highest BCUT2D eigenvalue weighted by molar-refractivity contribution is 6.31. The van der Waals surface area contributed by atoms with Gasteiger partial charge in [0.15, 0.2) is 0 Å². The topological polar surface area (TPSA) is 26.3 Å². The van der Waals surface area contributed by atoms with Gasteiger partial charge in [0.1, 0.15) is 11.6 Å². The first-order valence-corrected chi connectivity index (χ1v) is 5.13. The van der Waals surface area contributed by atoms with Crippen molar-refractivity contribution in [2.75, 3.05) is 6.61 Å². The van der Waals surface area contributed by atoms with Crippen LogP contribution in [0.25, 0.3) is 0 Å². The minimum atomic E-state index is -0.394. The number of halogens is 2. The highest BCUT2D eigenvalue weighted by Crippen LogP contribution is 2.31. The summed E-state index contributed by atoms with van der Waals surface area (Å²) in [5.41, 5.74) is 0.560. The van der Waals surface area contributed by atoms with Crippen molar-refractivity contribution < 1.29 is 13.9 Å². The van der Waals surface area contributed by atoms with Crippen molar-refractivity contribution in [1.82, 2.24) is 0 Å². The molecule has 80 valence electrons. The number of hydrogen-bond acceptors (Lipinski definition) is 2. The predicted octanol–water partition coefficient (Wildman–Crippen LogP) is 2.90. The maximum Gasteiger partial charge on any atom is 0.138 e. The molecule has 1 atom stereocenters. The number of ketones is 1. The lowest BCUT2D eigenvalue weighted by Gasteiger charge is -2.22. The van der Waals surface area contributed by atoms with Gasteiger partial charge in [0.25, 0.3) is 0 Å². The van der Waals surface area contributed by atoms with Crippen LogP contribution in [0.4, 0.5) is 4.39 Å². The van der Waals surface area contributed by atoms with Crippen LogP contribution in [-0.2, 0) is 9.53 Å². The summed E-state index contributed by atoms with van der Waals surface area (Å²) < 4.78 is 18.4. The summed E-state index contributed by atoms with van der Waals surface area (Å²) in [5, 5.41) is 0.441. The Morgan fingerprint density at radius 2 is 2.27 bits per heavy atom. The van der Waals surface area contributed by atoms with Crippen molar-refractivity contribution in [2.24, 2.45) is 0 Å². The smallest absolute Gasteiger partial charge is 0.138 e. The molecule has 0 aromatic heterocycles. The van der Waals surface area contributed by atoms with Crippen molar-refractivity contribution >= 4 is 17.4 Å². The summed E-state index contributed by atoms with van der Waals surface area (Å²) in [4.78, 5) is 11.2. The molecule has 0 spiro atoms. The molecule has 1 fully saturated rings. The van der Waals surface area contributed by atoms with Gasteiger partial charge < -0.3 is 4.74 Å². The molecule has 1 aliphatic heterocycles. The number of rotatable bonds is 1. The molecule has 2 rings (SSSR count). The molecule has 0 radical (unpaired) electrons. The Kier molecular flexibility index (Phi) is 3.03. The molecule has 0 bridgehead atoms. The van der Waals surface area contributed by atoms with Crippen LogP contribution in [0.3, 0.4) is 0 Å². The Morgan fingerprint density at radius 3 is 3.00 bits per heavy atom. The number of carbonyl (C=O) groups excluding carboxylic acids is 1. The summed E-state index contributed by atoms with van der Waals surface area (Å²) in [6, 6.07) is 4.09. The average molecular weight is 229 g/mol. The zero-order valence-corrected chi connectivity index (χ0v) is 8.76. The predicted molar refractivity (Wildman–Crippen MR) is 54.3 cm³/mol. The van der Waals surface area contributed by atoms with Crippen LogP contribution >= 0.6 is 11.6 Å². The van der Waals surface area contributed by atoms with Gasteiger partial charge in [0, 0.05) is 23.4 Å². The van der Waals surface area contributed by atoms with E-state index in [0.29, 0.717) is 23.6 Å². The quantitative estimate of drug-likeness (QED) is 0.739. The standard InChI is InChI=1S/C11H10ClFO2/c12-10-2-1-7(13)5-9(10)11-6-8(14)3-4-15-11/h1-2,5,11H,3-4,6H2. The second-order valence-electron chi connectivity index (χ2n) is 3.52. The van der Waals surface area contributed by atoms with Crippen molar-refractivity contribution in [3.05, 3.63) is 34.6 Å². The van der Waals surface area contributed by atoms with Crippen LogP contribution in [0, 0.1) is 5.82 Å². The van der Waals surface area contributed by atoms with Crippen LogP contribution < -0.4 is 0 Å². The number of benzene rings is 1. The Labute approximate surface area is 92.0 Å². The molecule has 1 aliphatic rings. The van der Waals surface area contributed by atoms with Gasteiger partial charge in [-0.15, -0.1) is 0 Å². The third kappa shape index (κ3) is 2.36. The van der Waals surface area contributed by atoms with Gasteiger partial charge in [-0.3, -0.25) is 4.79 Å². The lowest BCUT2D eigenvalue weighted by Crippen LogP contribution is -2.19. The molecule has 0 amide bonds. The average Bonchev–Trinajstić information content (AvgIpc) is 2.22. The molecule has 0 N–H and O–H groups in total. The minimum absolute atomic E-state index is 0.131. The fourth-order valence-corrected chi connectivity index (χ4v) is 1.88. The van der Waals surface area contributed by atoms with E-state index in [4.69, 9.17) is 16.3 Å². The van der Waals surface area contributed by atoms with Crippen LogP contribution in [0.5, 0.6) is 0 Å². The Balaban J connectivity index is 2.27. The van der Waals surface area contributed by atoms with Crippen molar-refractivity contribution in [3.63, 3.8) is 0 Å². The molecule has 4 heteroatoms. The Bertz CT molecular complexity index is 392. The van der Waals surface area contributed by atoms with Gasteiger partial charge in [-0.2, -0.15) is 0 Å². The second kappa shape index (κ2) is 4.29. The molecule has 0 aliphatic carbocycles. The first-order chi connectivity index (χ1) is 7.16. The summed E-state index contributed by atoms with van der Waals surface area (Å²) in [6.45, 7) is 0.385. The third-order valence-electron chi connectivity index (χ3n) is 2.42. The molecular formula is C11H10ClFO2. The molecule has 15 heavy (non-hydrogen) atoms. The van der Waals surface area contributed by atoms with Gasteiger partial charge in [-0.25, -0.2) is 4.39 Å². The van der Waals surface area contributed by atoms with E-state index < -0.39 is 6.10 Å². The zero-order valence-electron chi connectivity index (χ0n) is 8.00. The molecule has 0 saturated carbocycles. The highest BCUT2D eigenvalue weighted by atomic mass is 35.5. The first kappa shape index (κ1) is 10.6. The molecule has 1 unspecified atom stereocenters. The van der Waals surface area contributed by atoms with Crippen LogP contribution in [0.15, 0.2) is 18.2 Å². The fraction of sp³-hybridized carbons (Fsp3) is 0.364. The lowest BCUT2D eigenvalue weighted by molar-refractivity contribution is -0.128. The van der Waals surface area contributed by atoms with Crippen molar-refractivity contribution in [3.8, 4) is 0 Å². The normalized spacial score (nSPS) is 21.7. The Hall–Kier alpha value is -0.930. The SMILES string of the molecule is O=C1CCOC(c2cc(F)ccc2Cl)C1. The molecule has 1 heterocycles. The van der Waals surface area contributed by atoms with Crippen LogP contribution in [0.2, 0.25) is 5.02 Å². The second-order valence-corrected chi connectivity index (χ2v) is 3.93. The van der Waals surface area contributed by atoms with Crippen LogP contribution in [0.1, 0.15) is 24.5 Å². The molecule has 2 nitrogen and oxygen atoms in total. The van der Waals surface area contributed by atoms with E-state index in [1.807, 2.05) is 0 Å². The summed E-state index contributed by atoms with van der Waals surface area (Å²) in [5.74, 6) is -0.234. The fourth-order valence-electron chi connectivity index (χ4n) is 1.64. The van der Waals surface area contributed by atoms with E-state index in [9.17, 15) is 9.18 Å². The molecule has 1 saturated heterocycles. The number of ether oxygens (including phenoxy) is 1. The molecular weight excluding hydrogens is 219 g/mol. The first-order valence-electron chi connectivity index (χ1n) is 4.75. The zero-order chi connectivity index (χ0) is 10.8. The van der Waals surface area contributed by atoms with Gasteiger partial charge in [-0.1, -0.05) is 11.6 Å². The van der Waals surface area contributed by atoms with Gasteiger partial charge >= 0.3 is 0 Å².